The smallest absolute Gasteiger partial charge is 0.0269 e. The van der Waals surface area contributed by atoms with Crippen molar-refractivity contribution in [1.82, 2.24) is 0 Å². The van der Waals surface area contributed by atoms with Crippen LogP contribution in [0.4, 0.5) is 0 Å². The molecule has 0 amide bonds. The van der Waals surface area contributed by atoms with E-state index in [1.54, 1.807) is 0 Å². The Hall–Kier alpha value is 0. The molecular weight excluding hydrogens is 276 g/mol. The van der Waals surface area contributed by atoms with Crippen molar-refractivity contribution >= 4 is 0 Å². The summed E-state index contributed by atoms with van der Waals surface area (Å²) in [6, 6.07) is 0. The van der Waals surface area contributed by atoms with Crippen LogP contribution in [0.25, 0.3) is 0 Å². The zero-order valence-corrected chi connectivity index (χ0v) is 18.0. The highest BCUT2D eigenvalue weighted by molar-refractivity contribution is 4.96. The fraction of sp³-hybridized carbons (Fsp3) is 1.00. The van der Waals surface area contributed by atoms with Gasteiger partial charge < -0.3 is 0 Å². The molecule has 0 nitrogen and oxygen atoms in total. The highest BCUT2D eigenvalue weighted by Crippen LogP contribution is 2.55. The molecule has 0 spiro atoms. The van der Waals surface area contributed by atoms with E-state index in [0.29, 0.717) is 5.41 Å². The van der Waals surface area contributed by atoms with Crippen molar-refractivity contribution in [2.75, 3.05) is 0 Å². The van der Waals surface area contributed by atoms with Crippen LogP contribution in [0.3, 0.4) is 0 Å². The van der Waals surface area contributed by atoms with Crippen molar-refractivity contribution < 1.29 is 0 Å². The van der Waals surface area contributed by atoms with E-state index in [0.717, 1.165) is 29.6 Å². The maximum atomic E-state index is 2.57. The van der Waals surface area contributed by atoms with Crippen LogP contribution in [-0.2, 0) is 0 Å². The third-order valence-corrected chi connectivity index (χ3v) is 7.14. The average molecular weight is 325 g/mol. The molecule has 2 aliphatic carbocycles. The molecule has 2 aliphatic rings. The van der Waals surface area contributed by atoms with E-state index in [9.17, 15) is 0 Å². The van der Waals surface area contributed by atoms with Gasteiger partial charge in [0.15, 0.2) is 0 Å². The molecule has 0 aromatic rings. The molecule has 140 valence electrons. The summed E-state index contributed by atoms with van der Waals surface area (Å²) >= 11 is 0. The van der Waals surface area contributed by atoms with Gasteiger partial charge in [-0.3, -0.25) is 0 Å². The SMILES string of the molecule is CC.CC1CCC2(C)C(CCC(C)C2C)C1.CCCC(C)CC. The maximum absolute atomic E-state index is 2.57. The van der Waals surface area contributed by atoms with E-state index >= 15 is 0 Å². The first-order valence-corrected chi connectivity index (χ1v) is 10.8. The van der Waals surface area contributed by atoms with Gasteiger partial charge in [0.05, 0.1) is 0 Å². The van der Waals surface area contributed by atoms with Crippen LogP contribution in [0, 0.1) is 35.0 Å². The van der Waals surface area contributed by atoms with Gasteiger partial charge in [-0.1, -0.05) is 94.4 Å². The minimum absolute atomic E-state index is 0.685. The summed E-state index contributed by atoms with van der Waals surface area (Å²) in [4.78, 5) is 0. The number of hydrogen-bond acceptors (Lipinski definition) is 0. The first kappa shape index (κ1) is 23.0. The Balaban J connectivity index is 0.000000460. The molecule has 23 heavy (non-hydrogen) atoms. The number of fused-ring (bicyclic) bond motifs is 1. The summed E-state index contributed by atoms with van der Waals surface area (Å²) in [6.45, 7) is 20.8. The highest BCUT2D eigenvalue weighted by atomic mass is 14.5. The van der Waals surface area contributed by atoms with E-state index in [1.807, 2.05) is 13.8 Å². The highest BCUT2D eigenvalue weighted by Gasteiger charge is 2.46. The fourth-order valence-electron chi connectivity index (χ4n) is 4.74. The van der Waals surface area contributed by atoms with Gasteiger partial charge >= 0.3 is 0 Å². The first-order chi connectivity index (χ1) is 10.8. The van der Waals surface area contributed by atoms with Crippen LogP contribution in [0.2, 0.25) is 0 Å². The lowest BCUT2D eigenvalue weighted by Crippen LogP contribution is -2.44. The summed E-state index contributed by atoms with van der Waals surface area (Å²) in [5.74, 6) is 4.90. The average Bonchev–Trinajstić information content (AvgIpc) is 2.56. The molecule has 0 radical (unpaired) electrons. The van der Waals surface area contributed by atoms with E-state index in [2.05, 4.69) is 48.5 Å². The predicted molar refractivity (Wildman–Crippen MR) is 108 cm³/mol. The van der Waals surface area contributed by atoms with Gasteiger partial charge in [0.25, 0.3) is 0 Å². The summed E-state index contributed by atoms with van der Waals surface area (Å²) in [5, 5.41) is 0. The normalized spacial score (nSPS) is 37.4. The van der Waals surface area contributed by atoms with Gasteiger partial charge in [-0.05, 0) is 54.3 Å². The molecule has 0 heterocycles. The van der Waals surface area contributed by atoms with Crippen LogP contribution in [0.15, 0.2) is 0 Å². The van der Waals surface area contributed by atoms with Gasteiger partial charge in [-0.25, -0.2) is 0 Å². The maximum Gasteiger partial charge on any atom is -0.0269 e. The van der Waals surface area contributed by atoms with Crippen molar-refractivity contribution in [3.63, 3.8) is 0 Å². The second-order valence-electron chi connectivity index (χ2n) is 8.73. The zero-order chi connectivity index (χ0) is 18.0. The predicted octanol–water partition coefficient (Wildman–Crippen LogP) is 8.35. The molecule has 0 aliphatic heterocycles. The van der Waals surface area contributed by atoms with Crippen LogP contribution in [-0.4, -0.2) is 0 Å². The second kappa shape index (κ2) is 11.5. The molecule has 2 rings (SSSR count). The third-order valence-electron chi connectivity index (χ3n) is 7.14. The summed E-state index contributed by atoms with van der Waals surface area (Å²) < 4.78 is 0. The Morgan fingerprint density at radius 2 is 1.61 bits per heavy atom. The quantitative estimate of drug-likeness (QED) is 0.489. The lowest BCUT2D eigenvalue weighted by molar-refractivity contribution is -0.0342. The molecule has 0 saturated heterocycles. The summed E-state index contributed by atoms with van der Waals surface area (Å²) in [5.41, 5.74) is 0.685. The molecule has 0 aromatic carbocycles. The van der Waals surface area contributed by atoms with Gasteiger partial charge in [-0.15, -0.1) is 0 Å². The van der Waals surface area contributed by atoms with Gasteiger partial charge in [-0.2, -0.15) is 0 Å². The Morgan fingerprint density at radius 1 is 1.00 bits per heavy atom. The number of rotatable bonds is 3. The largest absolute Gasteiger partial charge is 0.0683 e. The van der Waals surface area contributed by atoms with Gasteiger partial charge in [0.1, 0.15) is 0 Å². The molecule has 6 unspecified atom stereocenters. The Bertz CT molecular complexity index is 282. The molecule has 2 saturated carbocycles. The van der Waals surface area contributed by atoms with E-state index in [-0.39, 0.29) is 0 Å². The van der Waals surface area contributed by atoms with Crippen LogP contribution in [0.1, 0.15) is 114 Å². The van der Waals surface area contributed by atoms with Gasteiger partial charge in [0.2, 0.25) is 0 Å². The minimum atomic E-state index is 0.685. The van der Waals surface area contributed by atoms with E-state index in [1.165, 1.54) is 51.4 Å². The Labute approximate surface area is 149 Å². The lowest BCUT2D eigenvalue weighted by atomic mass is 9.52. The Kier molecular flexibility index (Phi) is 11.5. The van der Waals surface area contributed by atoms with Crippen molar-refractivity contribution in [3.05, 3.63) is 0 Å². The molecular formula is C23H48. The van der Waals surface area contributed by atoms with Crippen LogP contribution in [0.5, 0.6) is 0 Å². The van der Waals surface area contributed by atoms with Crippen molar-refractivity contribution in [2.45, 2.75) is 114 Å². The molecule has 0 bridgehead atoms. The van der Waals surface area contributed by atoms with Crippen molar-refractivity contribution in [3.8, 4) is 0 Å². The standard InChI is InChI=1S/C14H26.C7H16.C2H6/c1-10-7-8-14(4)12(3)11(2)5-6-13(14)9-10;1-4-6-7(3)5-2;1-2/h10-13H,5-9H2,1-4H3;7H,4-6H2,1-3H3;1-2H3. The third kappa shape index (κ3) is 6.79. The first-order valence-electron chi connectivity index (χ1n) is 10.8. The lowest BCUT2D eigenvalue weighted by Gasteiger charge is -2.53. The molecule has 6 atom stereocenters. The zero-order valence-electron chi connectivity index (χ0n) is 18.0. The summed E-state index contributed by atoms with van der Waals surface area (Å²) in [6.07, 6.45) is 11.5. The van der Waals surface area contributed by atoms with Crippen LogP contribution >= 0.6 is 0 Å². The topological polar surface area (TPSA) is 0 Å². The number of hydrogen-bond donors (Lipinski definition) is 0. The van der Waals surface area contributed by atoms with Gasteiger partial charge in [0, 0.05) is 0 Å². The molecule has 0 aromatic heterocycles. The summed E-state index contributed by atoms with van der Waals surface area (Å²) in [7, 11) is 0. The fourth-order valence-corrected chi connectivity index (χ4v) is 4.74. The second-order valence-corrected chi connectivity index (χ2v) is 8.73. The van der Waals surface area contributed by atoms with Crippen molar-refractivity contribution in [1.29, 1.82) is 0 Å². The molecule has 2 fully saturated rings. The van der Waals surface area contributed by atoms with Crippen LogP contribution < -0.4 is 0 Å². The van der Waals surface area contributed by atoms with E-state index in [4.69, 9.17) is 0 Å². The minimum Gasteiger partial charge on any atom is -0.0683 e. The monoisotopic (exact) mass is 324 g/mol. The molecule has 0 N–H and O–H groups in total. The Morgan fingerprint density at radius 3 is 2.09 bits per heavy atom. The van der Waals surface area contributed by atoms with E-state index < -0.39 is 0 Å². The van der Waals surface area contributed by atoms with Crippen molar-refractivity contribution in [2.24, 2.45) is 35.0 Å². The molecule has 0 heteroatoms.